The molecule has 0 amide bonds. The maximum atomic E-state index is 10.3. The van der Waals surface area contributed by atoms with Crippen LogP contribution < -0.4 is 0 Å². The zero-order valence-electron chi connectivity index (χ0n) is 5.20. The van der Waals surface area contributed by atoms with Crippen LogP contribution in [-0.2, 0) is 0 Å². The Morgan fingerprint density at radius 3 is 2.90 bits per heavy atom. The fraction of sp³-hybridized carbons (Fsp3) is 0.200. The number of thioether (sulfide) groups is 1. The van der Waals surface area contributed by atoms with Crippen LogP contribution in [0.3, 0.4) is 0 Å². The van der Waals surface area contributed by atoms with Gasteiger partial charge in [-0.1, -0.05) is 0 Å². The molecule has 1 heterocycles. The number of aromatic nitrogens is 1. The Kier molecular flexibility index (Phi) is 2.29. The van der Waals surface area contributed by atoms with Crippen molar-refractivity contribution in [3.8, 4) is 0 Å². The molecule has 0 aromatic carbocycles. The van der Waals surface area contributed by atoms with Crippen molar-refractivity contribution in [3.05, 3.63) is 11.8 Å². The highest BCUT2D eigenvalue weighted by atomic mass is 32.2. The molecule has 1 aromatic rings. The second-order valence-electron chi connectivity index (χ2n) is 1.54. The molecule has 3 nitrogen and oxygen atoms in total. The van der Waals surface area contributed by atoms with Gasteiger partial charge in [-0.25, -0.2) is 4.79 Å². The lowest BCUT2D eigenvalue weighted by Gasteiger charge is -1.80. The quantitative estimate of drug-likeness (QED) is 0.693. The van der Waals surface area contributed by atoms with Crippen LogP contribution in [0.1, 0.15) is 10.5 Å². The first-order chi connectivity index (χ1) is 4.74. The molecule has 0 bridgehead atoms. The van der Waals surface area contributed by atoms with Crippen LogP contribution in [0.5, 0.6) is 0 Å². The Morgan fingerprint density at radius 1 is 1.90 bits per heavy atom. The zero-order chi connectivity index (χ0) is 7.56. The molecular formula is C5H5NO2S2. The first-order valence-electron chi connectivity index (χ1n) is 2.48. The van der Waals surface area contributed by atoms with Crippen molar-refractivity contribution in [2.45, 2.75) is 4.21 Å². The maximum absolute atomic E-state index is 10.3. The summed E-state index contributed by atoms with van der Waals surface area (Å²) < 4.78 is 4.64. The molecule has 5 heteroatoms. The molecule has 0 aliphatic carbocycles. The van der Waals surface area contributed by atoms with Gasteiger partial charge in [0.15, 0.2) is 5.69 Å². The van der Waals surface area contributed by atoms with E-state index in [1.165, 1.54) is 23.3 Å². The van der Waals surface area contributed by atoms with Gasteiger partial charge in [-0.3, -0.25) is 0 Å². The summed E-state index contributed by atoms with van der Waals surface area (Å²) in [6, 6.07) is 1.57. The number of hydrogen-bond donors (Lipinski definition) is 1. The summed E-state index contributed by atoms with van der Waals surface area (Å²) in [7, 11) is 0. The normalized spacial score (nSPS) is 9.70. The molecule has 0 unspecified atom stereocenters. The van der Waals surface area contributed by atoms with Crippen LogP contribution in [-0.4, -0.2) is 21.7 Å². The number of carbonyl (C=O) groups is 1. The van der Waals surface area contributed by atoms with E-state index in [4.69, 9.17) is 5.11 Å². The predicted octanol–water partition coefficient (Wildman–Crippen LogP) is 1.56. The molecule has 0 fully saturated rings. The highest BCUT2D eigenvalue weighted by Crippen LogP contribution is 2.20. The summed E-state index contributed by atoms with van der Waals surface area (Å²) >= 11 is 2.71. The number of nitrogens with zero attached hydrogens (tertiary/aromatic N) is 1. The topological polar surface area (TPSA) is 50.2 Å². The highest BCUT2D eigenvalue weighted by molar-refractivity contribution is 8.00. The lowest BCUT2D eigenvalue weighted by atomic mass is 10.5. The standard InChI is InChI=1S/C5H5NO2S2/c1-9-4-2-3(5(7)8)6-10-4/h2H,1H3,(H,7,8). The summed E-state index contributed by atoms with van der Waals surface area (Å²) in [5.74, 6) is -0.962. The Morgan fingerprint density at radius 2 is 2.60 bits per heavy atom. The third-order valence-corrected chi connectivity index (χ3v) is 2.74. The fourth-order valence-corrected chi connectivity index (χ4v) is 1.58. The number of rotatable bonds is 2. The fourth-order valence-electron chi connectivity index (χ4n) is 0.455. The third kappa shape index (κ3) is 1.48. The summed E-state index contributed by atoms with van der Waals surface area (Å²) in [6.07, 6.45) is 1.89. The predicted molar refractivity (Wildman–Crippen MR) is 40.9 cm³/mol. The van der Waals surface area contributed by atoms with E-state index in [9.17, 15) is 4.79 Å². The molecular weight excluding hydrogens is 170 g/mol. The highest BCUT2D eigenvalue weighted by Gasteiger charge is 2.06. The van der Waals surface area contributed by atoms with Gasteiger partial charge in [-0.05, 0) is 23.9 Å². The minimum Gasteiger partial charge on any atom is -0.476 e. The number of aromatic carboxylic acids is 1. The van der Waals surface area contributed by atoms with Gasteiger partial charge >= 0.3 is 5.97 Å². The van der Waals surface area contributed by atoms with Gasteiger partial charge in [0.05, 0.1) is 4.21 Å². The first-order valence-corrected chi connectivity index (χ1v) is 4.48. The minimum absolute atomic E-state index is 0.134. The SMILES string of the molecule is CSc1cc(C(=O)O)ns1. The van der Waals surface area contributed by atoms with Gasteiger partial charge in [0.2, 0.25) is 0 Å². The summed E-state index contributed by atoms with van der Waals surface area (Å²) in [6.45, 7) is 0. The largest absolute Gasteiger partial charge is 0.476 e. The summed E-state index contributed by atoms with van der Waals surface area (Å²) in [4.78, 5) is 10.3. The number of carboxylic acids is 1. The molecule has 0 spiro atoms. The van der Waals surface area contributed by atoms with Gasteiger partial charge in [0.25, 0.3) is 0 Å². The molecule has 54 valence electrons. The first kappa shape index (κ1) is 7.56. The van der Waals surface area contributed by atoms with Crippen molar-refractivity contribution < 1.29 is 9.90 Å². The van der Waals surface area contributed by atoms with E-state index in [-0.39, 0.29) is 5.69 Å². The van der Waals surface area contributed by atoms with Crippen LogP contribution in [0.15, 0.2) is 10.3 Å². The molecule has 1 rings (SSSR count). The minimum atomic E-state index is -0.962. The number of carboxylic acid groups (broad SMARTS) is 1. The lowest BCUT2D eigenvalue weighted by Crippen LogP contribution is -1.94. The molecule has 1 N–H and O–H groups in total. The van der Waals surface area contributed by atoms with E-state index < -0.39 is 5.97 Å². The van der Waals surface area contributed by atoms with Gasteiger partial charge in [-0.15, -0.1) is 11.8 Å². The van der Waals surface area contributed by atoms with Gasteiger partial charge < -0.3 is 5.11 Å². The van der Waals surface area contributed by atoms with Crippen LogP contribution in [0.25, 0.3) is 0 Å². The molecule has 1 aromatic heterocycles. The van der Waals surface area contributed by atoms with Crippen LogP contribution >= 0.6 is 23.3 Å². The molecule has 10 heavy (non-hydrogen) atoms. The van der Waals surface area contributed by atoms with Gasteiger partial charge in [-0.2, -0.15) is 4.37 Å². The second kappa shape index (κ2) is 3.03. The van der Waals surface area contributed by atoms with E-state index >= 15 is 0 Å². The Bertz CT molecular complexity index is 246. The third-order valence-electron chi connectivity index (χ3n) is 0.909. The maximum Gasteiger partial charge on any atom is 0.355 e. The Hall–Kier alpha value is -0.550. The van der Waals surface area contributed by atoms with Crippen molar-refractivity contribution in [1.82, 2.24) is 4.37 Å². The number of hydrogen-bond acceptors (Lipinski definition) is 4. The molecule has 0 atom stereocenters. The smallest absolute Gasteiger partial charge is 0.355 e. The van der Waals surface area contributed by atoms with Crippen molar-refractivity contribution >= 4 is 29.3 Å². The van der Waals surface area contributed by atoms with Crippen LogP contribution in [0.2, 0.25) is 0 Å². The molecule has 0 saturated heterocycles. The van der Waals surface area contributed by atoms with E-state index in [0.717, 1.165) is 4.21 Å². The van der Waals surface area contributed by atoms with Crippen LogP contribution in [0.4, 0.5) is 0 Å². The lowest BCUT2D eigenvalue weighted by molar-refractivity contribution is 0.0692. The van der Waals surface area contributed by atoms with Crippen molar-refractivity contribution in [1.29, 1.82) is 0 Å². The summed E-state index contributed by atoms with van der Waals surface area (Å²) in [5.41, 5.74) is 0.134. The molecule has 0 aliphatic rings. The van der Waals surface area contributed by atoms with E-state index in [1.54, 1.807) is 6.07 Å². The van der Waals surface area contributed by atoms with Gasteiger partial charge in [0, 0.05) is 0 Å². The average Bonchev–Trinajstić information content (AvgIpc) is 2.34. The average molecular weight is 175 g/mol. The van der Waals surface area contributed by atoms with Crippen LogP contribution in [0, 0.1) is 0 Å². The van der Waals surface area contributed by atoms with Crippen molar-refractivity contribution in [2.75, 3.05) is 6.26 Å². The van der Waals surface area contributed by atoms with Gasteiger partial charge in [0.1, 0.15) is 0 Å². The zero-order valence-corrected chi connectivity index (χ0v) is 6.83. The van der Waals surface area contributed by atoms with Crippen molar-refractivity contribution in [3.63, 3.8) is 0 Å². The summed E-state index contributed by atoms with van der Waals surface area (Å²) in [5, 5.41) is 8.43. The monoisotopic (exact) mass is 175 g/mol. The van der Waals surface area contributed by atoms with E-state index in [0.29, 0.717) is 0 Å². The second-order valence-corrected chi connectivity index (χ2v) is 3.45. The Labute approximate surface area is 66.2 Å². The molecule has 0 aliphatic heterocycles. The Balaban J connectivity index is 2.88. The molecule has 0 saturated carbocycles. The molecule has 0 radical (unpaired) electrons. The van der Waals surface area contributed by atoms with E-state index in [1.807, 2.05) is 6.26 Å². The van der Waals surface area contributed by atoms with E-state index in [2.05, 4.69) is 4.37 Å². The van der Waals surface area contributed by atoms with Crippen molar-refractivity contribution in [2.24, 2.45) is 0 Å².